The zero-order valence-corrected chi connectivity index (χ0v) is 11.8. The molecule has 4 N–H and O–H groups in total. The second-order valence-corrected chi connectivity index (χ2v) is 4.67. The first-order chi connectivity index (χ1) is 10.6. The van der Waals surface area contributed by atoms with Gasteiger partial charge in [0.25, 0.3) is 5.91 Å². The summed E-state index contributed by atoms with van der Waals surface area (Å²) in [4.78, 5) is 23.4. The maximum absolute atomic E-state index is 13.4. The third-order valence-electron chi connectivity index (χ3n) is 3.02. The van der Waals surface area contributed by atoms with E-state index in [1.807, 2.05) is 0 Å². The Bertz CT molecular complexity index is 671. The zero-order chi connectivity index (χ0) is 15.9. The fraction of sp³-hybridized carbons (Fsp3) is 0.125. The Morgan fingerprint density at radius 3 is 2.36 bits per heavy atom. The molecule has 0 aliphatic heterocycles. The molecule has 5 nitrogen and oxygen atoms in total. The standard InChI is InChI=1S/C16H16FN3O2/c17-14-4-2-1-3-12(14)9-19-15(21)10-20-16(22)11-5-7-13(18)8-6-11/h1-8H,9-10,18H2,(H,19,21)(H,20,22). The van der Waals surface area contributed by atoms with Crippen molar-refractivity contribution >= 4 is 17.5 Å². The summed E-state index contributed by atoms with van der Waals surface area (Å²) in [7, 11) is 0. The lowest BCUT2D eigenvalue weighted by molar-refractivity contribution is -0.120. The van der Waals surface area contributed by atoms with Crippen LogP contribution in [0.2, 0.25) is 0 Å². The number of nitrogens with one attached hydrogen (secondary N) is 2. The molecule has 0 aromatic heterocycles. The van der Waals surface area contributed by atoms with Gasteiger partial charge in [0, 0.05) is 23.4 Å². The molecule has 0 fully saturated rings. The normalized spacial score (nSPS) is 10.0. The summed E-state index contributed by atoms with van der Waals surface area (Å²) in [5, 5.41) is 5.03. The highest BCUT2D eigenvalue weighted by molar-refractivity contribution is 5.96. The van der Waals surface area contributed by atoms with E-state index in [0.717, 1.165) is 0 Å². The minimum absolute atomic E-state index is 0.0727. The Morgan fingerprint density at radius 2 is 1.68 bits per heavy atom. The molecular formula is C16H16FN3O2. The highest BCUT2D eigenvalue weighted by atomic mass is 19.1. The fourth-order valence-electron chi connectivity index (χ4n) is 1.80. The number of anilines is 1. The summed E-state index contributed by atoms with van der Waals surface area (Å²) in [5.74, 6) is -1.15. The van der Waals surface area contributed by atoms with Gasteiger partial charge in [-0.05, 0) is 30.3 Å². The monoisotopic (exact) mass is 301 g/mol. The van der Waals surface area contributed by atoms with Crippen LogP contribution in [0.5, 0.6) is 0 Å². The lowest BCUT2D eigenvalue weighted by atomic mass is 10.2. The number of carbonyl (C=O) groups excluding carboxylic acids is 2. The summed E-state index contributed by atoms with van der Waals surface area (Å²) in [5.41, 5.74) is 6.89. The number of benzene rings is 2. The molecule has 6 heteroatoms. The predicted octanol–water partition coefficient (Wildman–Crippen LogP) is 1.45. The Kier molecular flexibility index (Phi) is 5.08. The molecule has 0 saturated carbocycles. The highest BCUT2D eigenvalue weighted by Gasteiger charge is 2.08. The van der Waals surface area contributed by atoms with Gasteiger partial charge < -0.3 is 16.4 Å². The largest absolute Gasteiger partial charge is 0.399 e. The third-order valence-corrected chi connectivity index (χ3v) is 3.02. The second-order valence-electron chi connectivity index (χ2n) is 4.67. The summed E-state index contributed by atoms with van der Waals surface area (Å²) in [6.45, 7) is -0.110. The maximum Gasteiger partial charge on any atom is 0.251 e. The van der Waals surface area contributed by atoms with Gasteiger partial charge in [-0.2, -0.15) is 0 Å². The van der Waals surface area contributed by atoms with E-state index >= 15 is 0 Å². The molecular weight excluding hydrogens is 285 g/mol. The third kappa shape index (κ3) is 4.31. The predicted molar refractivity (Wildman–Crippen MR) is 81.4 cm³/mol. The van der Waals surface area contributed by atoms with Gasteiger partial charge in [0.15, 0.2) is 0 Å². The number of nitrogens with two attached hydrogens (primary N) is 1. The van der Waals surface area contributed by atoms with Crippen LogP contribution in [0.15, 0.2) is 48.5 Å². The van der Waals surface area contributed by atoms with Gasteiger partial charge in [0.05, 0.1) is 6.54 Å². The van der Waals surface area contributed by atoms with Crippen LogP contribution in [-0.4, -0.2) is 18.4 Å². The number of halogens is 1. The molecule has 0 saturated heterocycles. The van der Waals surface area contributed by atoms with Crippen molar-refractivity contribution in [3.05, 3.63) is 65.5 Å². The van der Waals surface area contributed by atoms with Crippen molar-refractivity contribution in [2.24, 2.45) is 0 Å². The quantitative estimate of drug-likeness (QED) is 0.731. The maximum atomic E-state index is 13.4. The van der Waals surface area contributed by atoms with Crippen molar-refractivity contribution in [2.45, 2.75) is 6.54 Å². The van der Waals surface area contributed by atoms with Crippen molar-refractivity contribution in [3.63, 3.8) is 0 Å². The van der Waals surface area contributed by atoms with Crippen LogP contribution in [0.25, 0.3) is 0 Å². The summed E-state index contributed by atoms with van der Waals surface area (Å²) in [6.07, 6.45) is 0. The zero-order valence-electron chi connectivity index (χ0n) is 11.8. The summed E-state index contributed by atoms with van der Waals surface area (Å²) >= 11 is 0. The molecule has 0 unspecified atom stereocenters. The van der Waals surface area contributed by atoms with E-state index in [4.69, 9.17) is 5.73 Å². The van der Waals surface area contributed by atoms with Gasteiger partial charge in [-0.25, -0.2) is 4.39 Å². The Morgan fingerprint density at radius 1 is 1.00 bits per heavy atom. The molecule has 2 rings (SSSR count). The first-order valence-electron chi connectivity index (χ1n) is 6.70. The molecule has 0 bridgehead atoms. The van der Waals surface area contributed by atoms with Gasteiger partial charge in [-0.1, -0.05) is 18.2 Å². The summed E-state index contributed by atoms with van der Waals surface area (Å²) < 4.78 is 13.4. The smallest absolute Gasteiger partial charge is 0.251 e. The fourth-order valence-corrected chi connectivity index (χ4v) is 1.80. The van der Waals surface area contributed by atoms with Crippen LogP contribution >= 0.6 is 0 Å². The molecule has 2 aromatic carbocycles. The number of hydrogen-bond acceptors (Lipinski definition) is 3. The molecule has 0 spiro atoms. The van der Waals surface area contributed by atoms with Crippen LogP contribution in [0.1, 0.15) is 15.9 Å². The van der Waals surface area contributed by atoms with E-state index in [-0.39, 0.29) is 24.8 Å². The van der Waals surface area contributed by atoms with E-state index in [9.17, 15) is 14.0 Å². The molecule has 0 atom stereocenters. The second kappa shape index (κ2) is 7.21. The van der Waals surface area contributed by atoms with E-state index in [1.54, 1.807) is 42.5 Å². The lowest BCUT2D eigenvalue weighted by Gasteiger charge is -2.08. The van der Waals surface area contributed by atoms with Gasteiger partial charge in [0.2, 0.25) is 5.91 Å². The van der Waals surface area contributed by atoms with Crippen molar-refractivity contribution in [1.82, 2.24) is 10.6 Å². The van der Waals surface area contributed by atoms with Crippen LogP contribution < -0.4 is 16.4 Å². The summed E-state index contributed by atoms with van der Waals surface area (Å²) in [6, 6.07) is 12.5. The SMILES string of the molecule is Nc1ccc(C(=O)NCC(=O)NCc2ccccc2F)cc1. The molecule has 2 aromatic rings. The first-order valence-corrected chi connectivity index (χ1v) is 6.70. The topological polar surface area (TPSA) is 84.2 Å². The molecule has 114 valence electrons. The van der Waals surface area contributed by atoms with Gasteiger partial charge in [-0.3, -0.25) is 9.59 Å². The Hall–Kier alpha value is -2.89. The molecule has 0 heterocycles. The van der Waals surface area contributed by atoms with E-state index < -0.39 is 5.91 Å². The Labute approximate surface area is 127 Å². The minimum atomic E-state index is -0.396. The molecule has 22 heavy (non-hydrogen) atoms. The average Bonchev–Trinajstić information content (AvgIpc) is 2.52. The van der Waals surface area contributed by atoms with Crippen LogP contribution in [0, 0.1) is 5.82 Å². The van der Waals surface area contributed by atoms with Crippen LogP contribution in [0.3, 0.4) is 0 Å². The number of hydrogen-bond donors (Lipinski definition) is 3. The van der Waals surface area contributed by atoms with Crippen LogP contribution in [0.4, 0.5) is 10.1 Å². The van der Waals surface area contributed by atoms with E-state index in [1.165, 1.54) is 6.07 Å². The lowest BCUT2D eigenvalue weighted by Crippen LogP contribution is -2.36. The molecule has 0 aliphatic carbocycles. The Balaban J connectivity index is 1.79. The number of rotatable bonds is 5. The van der Waals surface area contributed by atoms with Crippen molar-refractivity contribution in [1.29, 1.82) is 0 Å². The van der Waals surface area contributed by atoms with Gasteiger partial charge >= 0.3 is 0 Å². The van der Waals surface area contributed by atoms with E-state index in [0.29, 0.717) is 16.8 Å². The first kappa shape index (κ1) is 15.5. The highest BCUT2D eigenvalue weighted by Crippen LogP contribution is 2.06. The number of nitrogen functional groups attached to an aromatic ring is 1. The van der Waals surface area contributed by atoms with Gasteiger partial charge in [0.1, 0.15) is 5.82 Å². The van der Waals surface area contributed by atoms with Crippen molar-refractivity contribution in [2.75, 3.05) is 12.3 Å². The van der Waals surface area contributed by atoms with E-state index in [2.05, 4.69) is 10.6 Å². The number of amides is 2. The average molecular weight is 301 g/mol. The molecule has 0 aliphatic rings. The number of carbonyl (C=O) groups is 2. The molecule has 2 amide bonds. The van der Waals surface area contributed by atoms with Crippen molar-refractivity contribution < 1.29 is 14.0 Å². The molecule has 0 radical (unpaired) electrons. The minimum Gasteiger partial charge on any atom is -0.399 e. The van der Waals surface area contributed by atoms with Gasteiger partial charge in [-0.15, -0.1) is 0 Å². The van der Waals surface area contributed by atoms with Crippen molar-refractivity contribution in [3.8, 4) is 0 Å². The van der Waals surface area contributed by atoms with Crippen LogP contribution in [-0.2, 0) is 11.3 Å².